The fraction of sp³-hybridized carbons (Fsp3) is 0.333. The van der Waals surface area contributed by atoms with Gasteiger partial charge in [-0.1, -0.05) is 12.1 Å². The Morgan fingerprint density at radius 3 is 2.71 bits per heavy atom. The zero-order valence-electron chi connectivity index (χ0n) is 10.1. The number of methoxy groups -OCH3 is 1. The maximum absolute atomic E-state index is 5.34. The van der Waals surface area contributed by atoms with Gasteiger partial charge in [-0.3, -0.25) is 9.67 Å². The number of nitrogens with one attached hydrogen (secondary N) is 1. The van der Waals surface area contributed by atoms with E-state index in [2.05, 4.69) is 24.0 Å². The minimum absolute atomic E-state index is 0.251. The Hall–Kier alpha value is -1.62. The van der Waals surface area contributed by atoms with Crippen molar-refractivity contribution in [2.75, 3.05) is 7.11 Å². The molecule has 5 heteroatoms. The van der Waals surface area contributed by atoms with Crippen molar-refractivity contribution in [1.82, 2.24) is 14.8 Å². The van der Waals surface area contributed by atoms with Gasteiger partial charge in [0.1, 0.15) is 5.75 Å². The molecule has 0 radical (unpaired) electrons. The van der Waals surface area contributed by atoms with Gasteiger partial charge in [0.2, 0.25) is 0 Å². The molecule has 0 saturated carbocycles. The summed E-state index contributed by atoms with van der Waals surface area (Å²) in [4.78, 5) is 0. The predicted molar refractivity (Wildman–Crippen MR) is 69.8 cm³/mol. The number of ether oxygens (including phenoxy) is 1. The summed E-state index contributed by atoms with van der Waals surface area (Å²) in [5.41, 5.74) is 0.941. The van der Waals surface area contributed by atoms with E-state index in [-0.39, 0.29) is 6.04 Å². The molecule has 0 amide bonds. The first kappa shape index (κ1) is 11.9. The van der Waals surface area contributed by atoms with E-state index in [4.69, 9.17) is 17.0 Å². The third-order valence-corrected chi connectivity index (χ3v) is 2.86. The highest BCUT2D eigenvalue weighted by Gasteiger charge is 2.14. The molecule has 1 aromatic carbocycles. The Morgan fingerprint density at radius 1 is 1.35 bits per heavy atom. The molecular formula is C12H15N3OS. The van der Waals surface area contributed by atoms with Crippen LogP contribution in [0.25, 0.3) is 11.4 Å². The van der Waals surface area contributed by atoms with Crippen LogP contribution < -0.4 is 4.74 Å². The van der Waals surface area contributed by atoms with Crippen molar-refractivity contribution < 1.29 is 4.74 Å². The molecule has 0 aliphatic heterocycles. The summed E-state index contributed by atoms with van der Waals surface area (Å²) >= 11 is 5.23. The lowest BCUT2D eigenvalue weighted by atomic mass is 10.2. The molecule has 0 atom stereocenters. The first-order valence-corrected chi connectivity index (χ1v) is 5.86. The number of aromatic amines is 1. The lowest BCUT2D eigenvalue weighted by Gasteiger charge is -2.12. The molecule has 0 aliphatic rings. The SMILES string of the molecule is COc1ccccc1-c1n[nH]c(=S)n1C(C)C. The number of rotatable bonds is 3. The number of aromatic nitrogens is 3. The number of hydrogen-bond acceptors (Lipinski definition) is 3. The average molecular weight is 249 g/mol. The van der Waals surface area contributed by atoms with Gasteiger partial charge in [0, 0.05) is 6.04 Å². The maximum atomic E-state index is 5.34. The second-order valence-corrected chi connectivity index (χ2v) is 4.40. The highest BCUT2D eigenvalue weighted by atomic mass is 32.1. The van der Waals surface area contributed by atoms with E-state index < -0.39 is 0 Å². The van der Waals surface area contributed by atoms with Crippen LogP contribution in [0.15, 0.2) is 24.3 Å². The lowest BCUT2D eigenvalue weighted by Crippen LogP contribution is -2.04. The zero-order valence-corrected chi connectivity index (χ0v) is 10.9. The van der Waals surface area contributed by atoms with Crippen LogP contribution in [0.3, 0.4) is 0 Å². The Bertz CT molecular complexity index is 571. The van der Waals surface area contributed by atoms with Gasteiger partial charge in [0.15, 0.2) is 10.6 Å². The summed E-state index contributed by atoms with van der Waals surface area (Å²) < 4.78 is 7.95. The molecule has 4 nitrogen and oxygen atoms in total. The smallest absolute Gasteiger partial charge is 0.195 e. The van der Waals surface area contributed by atoms with E-state index in [0.29, 0.717) is 4.77 Å². The standard InChI is InChI=1S/C12H15N3OS/c1-8(2)15-11(13-14-12(15)17)9-6-4-5-7-10(9)16-3/h4-8H,1-3H3,(H,14,17). The molecule has 0 aliphatic carbocycles. The molecular weight excluding hydrogens is 234 g/mol. The molecule has 0 bridgehead atoms. The van der Waals surface area contributed by atoms with Crippen LogP contribution in [-0.4, -0.2) is 21.9 Å². The summed E-state index contributed by atoms with van der Waals surface area (Å²) in [6, 6.07) is 8.03. The van der Waals surface area contributed by atoms with Crippen molar-refractivity contribution in [3.63, 3.8) is 0 Å². The van der Waals surface area contributed by atoms with Gasteiger partial charge >= 0.3 is 0 Å². The maximum Gasteiger partial charge on any atom is 0.195 e. The fourth-order valence-corrected chi connectivity index (χ4v) is 2.15. The largest absolute Gasteiger partial charge is 0.496 e. The summed E-state index contributed by atoms with van der Waals surface area (Å²) in [5, 5.41) is 7.11. The molecule has 90 valence electrons. The number of benzene rings is 1. The quantitative estimate of drug-likeness (QED) is 0.849. The van der Waals surface area contributed by atoms with E-state index in [1.54, 1.807) is 7.11 Å². The molecule has 1 heterocycles. The van der Waals surface area contributed by atoms with Gasteiger partial charge in [-0.05, 0) is 38.2 Å². The van der Waals surface area contributed by atoms with Gasteiger partial charge in [0.25, 0.3) is 0 Å². The Labute approximate surface area is 105 Å². The number of hydrogen-bond donors (Lipinski definition) is 1. The van der Waals surface area contributed by atoms with Crippen molar-refractivity contribution >= 4 is 12.2 Å². The second kappa shape index (κ2) is 4.71. The van der Waals surface area contributed by atoms with Crippen LogP contribution in [0.2, 0.25) is 0 Å². The average Bonchev–Trinajstić information content (AvgIpc) is 2.71. The Balaban J connectivity index is 2.65. The molecule has 1 N–H and O–H groups in total. The monoisotopic (exact) mass is 249 g/mol. The van der Waals surface area contributed by atoms with Crippen LogP contribution in [0, 0.1) is 4.77 Å². The fourth-order valence-electron chi connectivity index (χ4n) is 1.80. The van der Waals surface area contributed by atoms with Crippen molar-refractivity contribution in [3.05, 3.63) is 29.0 Å². The lowest BCUT2D eigenvalue weighted by molar-refractivity contribution is 0.415. The van der Waals surface area contributed by atoms with E-state index in [1.165, 1.54) is 0 Å². The third kappa shape index (κ3) is 2.10. The molecule has 2 aromatic rings. The summed E-state index contributed by atoms with van der Waals surface area (Å²) in [7, 11) is 1.65. The van der Waals surface area contributed by atoms with Gasteiger partial charge in [-0.2, -0.15) is 5.10 Å². The Kier molecular flexibility index (Phi) is 3.28. The normalized spacial score (nSPS) is 10.8. The van der Waals surface area contributed by atoms with E-state index >= 15 is 0 Å². The topological polar surface area (TPSA) is 42.8 Å². The van der Waals surface area contributed by atoms with Gasteiger partial charge < -0.3 is 4.74 Å². The third-order valence-electron chi connectivity index (χ3n) is 2.57. The van der Waals surface area contributed by atoms with Crippen molar-refractivity contribution in [2.24, 2.45) is 0 Å². The minimum atomic E-state index is 0.251. The van der Waals surface area contributed by atoms with Crippen molar-refractivity contribution in [3.8, 4) is 17.1 Å². The molecule has 1 aromatic heterocycles. The highest BCUT2D eigenvalue weighted by Crippen LogP contribution is 2.29. The molecule has 17 heavy (non-hydrogen) atoms. The summed E-state index contributed by atoms with van der Waals surface area (Å²) in [6.45, 7) is 4.15. The van der Waals surface area contributed by atoms with Gasteiger partial charge in [-0.25, -0.2) is 0 Å². The highest BCUT2D eigenvalue weighted by molar-refractivity contribution is 7.71. The Morgan fingerprint density at radius 2 is 2.06 bits per heavy atom. The van der Waals surface area contributed by atoms with Crippen LogP contribution in [0.4, 0.5) is 0 Å². The van der Waals surface area contributed by atoms with Crippen LogP contribution in [-0.2, 0) is 0 Å². The molecule has 0 unspecified atom stereocenters. The zero-order chi connectivity index (χ0) is 12.4. The number of H-pyrrole nitrogens is 1. The number of para-hydroxylation sites is 1. The second-order valence-electron chi connectivity index (χ2n) is 4.02. The molecule has 0 fully saturated rings. The van der Waals surface area contributed by atoms with Crippen molar-refractivity contribution in [2.45, 2.75) is 19.9 Å². The summed E-state index contributed by atoms with van der Waals surface area (Å²) in [5.74, 6) is 1.60. The van der Waals surface area contributed by atoms with Crippen molar-refractivity contribution in [1.29, 1.82) is 0 Å². The van der Waals surface area contributed by atoms with Crippen LogP contribution in [0.1, 0.15) is 19.9 Å². The van der Waals surface area contributed by atoms with Gasteiger partial charge in [-0.15, -0.1) is 0 Å². The summed E-state index contributed by atoms with van der Waals surface area (Å²) in [6.07, 6.45) is 0. The molecule has 0 saturated heterocycles. The predicted octanol–water partition coefficient (Wildman–Crippen LogP) is 3.20. The molecule has 2 rings (SSSR count). The number of nitrogens with zero attached hydrogens (tertiary/aromatic N) is 2. The van der Waals surface area contributed by atoms with Crippen LogP contribution >= 0.6 is 12.2 Å². The van der Waals surface area contributed by atoms with E-state index in [0.717, 1.165) is 17.1 Å². The molecule has 0 spiro atoms. The first-order chi connectivity index (χ1) is 8.15. The van der Waals surface area contributed by atoms with Gasteiger partial charge in [0.05, 0.1) is 12.7 Å². The van der Waals surface area contributed by atoms with E-state index in [9.17, 15) is 0 Å². The van der Waals surface area contributed by atoms with Crippen LogP contribution in [0.5, 0.6) is 5.75 Å². The minimum Gasteiger partial charge on any atom is -0.496 e. The first-order valence-electron chi connectivity index (χ1n) is 5.45. The van der Waals surface area contributed by atoms with E-state index in [1.807, 2.05) is 28.8 Å².